The number of imide groups is 1. The van der Waals surface area contributed by atoms with Gasteiger partial charge in [0.25, 0.3) is 0 Å². The molecule has 0 aliphatic carbocycles. The van der Waals surface area contributed by atoms with E-state index in [0.717, 1.165) is 61.5 Å². The van der Waals surface area contributed by atoms with Crippen LogP contribution in [-0.4, -0.2) is 45.1 Å². The molecule has 0 spiro atoms. The summed E-state index contributed by atoms with van der Waals surface area (Å²) in [6, 6.07) is 0. The molecule has 9 heteroatoms. The maximum absolute atomic E-state index is 11.9. The normalized spacial score (nSPS) is 14.1. The SMILES string of the molecule is CCSc1nnc(NC(=O)CCCCCCCCCCN2C(=O)CCC2=O)s1. The van der Waals surface area contributed by atoms with Crippen molar-refractivity contribution in [2.75, 3.05) is 17.6 Å². The number of unbranched alkanes of at least 4 members (excludes halogenated alkanes) is 7. The van der Waals surface area contributed by atoms with Crippen LogP contribution in [0.25, 0.3) is 0 Å². The van der Waals surface area contributed by atoms with E-state index in [1.165, 1.54) is 16.2 Å². The van der Waals surface area contributed by atoms with Gasteiger partial charge >= 0.3 is 0 Å². The van der Waals surface area contributed by atoms with Crippen molar-refractivity contribution in [1.29, 1.82) is 0 Å². The van der Waals surface area contributed by atoms with Crippen molar-refractivity contribution in [2.45, 2.75) is 81.9 Å². The molecular weight excluding hydrogens is 396 g/mol. The number of amides is 3. The lowest BCUT2D eigenvalue weighted by Crippen LogP contribution is -2.29. The Balaban J connectivity index is 1.40. The van der Waals surface area contributed by atoms with E-state index in [9.17, 15) is 14.4 Å². The van der Waals surface area contributed by atoms with Crippen molar-refractivity contribution in [3.8, 4) is 0 Å². The molecule has 1 aliphatic rings. The number of thioether (sulfide) groups is 1. The van der Waals surface area contributed by atoms with Gasteiger partial charge in [-0.1, -0.05) is 68.5 Å². The fraction of sp³-hybridized carbons (Fsp3) is 0.737. The van der Waals surface area contributed by atoms with Crippen molar-refractivity contribution in [2.24, 2.45) is 0 Å². The molecule has 3 amide bonds. The first-order chi connectivity index (χ1) is 13.6. The minimum atomic E-state index is -0.0135. The zero-order chi connectivity index (χ0) is 20.2. The lowest BCUT2D eigenvalue weighted by molar-refractivity contribution is -0.138. The summed E-state index contributed by atoms with van der Waals surface area (Å²) in [7, 11) is 0. The molecule has 2 heterocycles. The highest BCUT2D eigenvalue weighted by molar-refractivity contribution is 8.01. The second kappa shape index (κ2) is 12.9. The van der Waals surface area contributed by atoms with Gasteiger partial charge in [0.05, 0.1) is 0 Å². The van der Waals surface area contributed by atoms with Crippen LogP contribution in [0, 0.1) is 0 Å². The molecule has 156 valence electrons. The molecule has 0 unspecified atom stereocenters. The molecule has 0 bridgehead atoms. The summed E-state index contributed by atoms with van der Waals surface area (Å²) >= 11 is 3.04. The predicted molar refractivity (Wildman–Crippen MR) is 112 cm³/mol. The highest BCUT2D eigenvalue weighted by atomic mass is 32.2. The third-order valence-corrected chi connectivity index (χ3v) is 6.47. The average molecular weight is 427 g/mol. The Hall–Kier alpha value is -1.48. The standard InChI is InChI=1S/C19H30N4O3S2/c1-2-27-19-22-21-18(28-19)20-15(24)11-9-7-5-3-4-6-8-10-14-23-16(25)12-13-17(23)26/h2-14H2,1H3,(H,20,21,24). The number of rotatable bonds is 14. The van der Waals surface area contributed by atoms with Gasteiger partial charge in [-0.2, -0.15) is 0 Å². The Kier molecular flexibility index (Phi) is 10.5. The quantitative estimate of drug-likeness (QED) is 0.207. The predicted octanol–water partition coefficient (Wildman–Crippen LogP) is 4.25. The molecule has 7 nitrogen and oxygen atoms in total. The van der Waals surface area contributed by atoms with Crippen LogP contribution < -0.4 is 5.32 Å². The molecule has 1 fully saturated rings. The third kappa shape index (κ3) is 8.26. The van der Waals surface area contributed by atoms with Gasteiger partial charge in [-0.15, -0.1) is 10.2 Å². The van der Waals surface area contributed by atoms with E-state index in [2.05, 4.69) is 22.4 Å². The van der Waals surface area contributed by atoms with Crippen molar-refractivity contribution in [3.63, 3.8) is 0 Å². The second-order valence-corrected chi connectivity index (χ2v) is 9.36. The molecule has 0 atom stereocenters. The second-order valence-electron chi connectivity index (χ2n) is 6.87. The van der Waals surface area contributed by atoms with Gasteiger partial charge in [0.1, 0.15) is 0 Å². The van der Waals surface area contributed by atoms with E-state index < -0.39 is 0 Å². The van der Waals surface area contributed by atoms with E-state index in [0.29, 0.717) is 30.9 Å². The number of hydrogen-bond acceptors (Lipinski definition) is 7. The molecule has 1 aliphatic heterocycles. The minimum Gasteiger partial charge on any atom is -0.301 e. The maximum atomic E-state index is 11.9. The molecule has 0 saturated carbocycles. The van der Waals surface area contributed by atoms with Crippen LogP contribution >= 0.6 is 23.1 Å². The Bertz CT molecular complexity index is 635. The van der Waals surface area contributed by atoms with E-state index in [-0.39, 0.29) is 17.7 Å². The van der Waals surface area contributed by atoms with Crippen molar-refractivity contribution in [3.05, 3.63) is 0 Å². The van der Waals surface area contributed by atoms with E-state index in [1.54, 1.807) is 11.8 Å². The largest absolute Gasteiger partial charge is 0.301 e. The van der Waals surface area contributed by atoms with Gasteiger partial charge in [0, 0.05) is 25.8 Å². The fourth-order valence-corrected chi connectivity index (χ4v) is 4.78. The molecule has 1 N–H and O–H groups in total. The molecular formula is C19H30N4O3S2. The summed E-state index contributed by atoms with van der Waals surface area (Å²) in [5.41, 5.74) is 0. The van der Waals surface area contributed by atoms with Crippen LogP contribution in [0.2, 0.25) is 0 Å². The van der Waals surface area contributed by atoms with Crippen molar-refractivity contribution < 1.29 is 14.4 Å². The maximum Gasteiger partial charge on any atom is 0.229 e. The van der Waals surface area contributed by atoms with E-state index >= 15 is 0 Å². The zero-order valence-electron chi connectivity index (χ0n) is 16.6. The summed E-state index contributed by atoms with van der Waals surface area (Å²) < 4.78 is 0.886. The number of hydrogen-bond donors (Lipinski definition) is 1. The summed E-state index contributed by atoms with van der Waals surface area (Å²) in [6.45, 7) is 2.64. The number of nitrogens with zero attached hydrogens (tertiary/aromatic N) is 3. The Labute approximate surface area is 175 Å². The number of carbonyl (C=O) groups is 3. The Morgan fingerprint density at radius 3 is 2.25 bits per heavy atom. The van der Waals surface area contributed by atoms with Gasteiger partial charge in [-0.25, -0.2) is 0 Å². The van der Waals surface area contributed by atoms with Crippen LogP contribution in [-0.2, 0) is 14.4 Å². The lowest BCUT2D eigenvalue weighted by atomic mass is 10.1. The van der Waals surface area contributed by atoms with Crippen molar-refractivity contribution in [1.82, 2.24) is 15.1 Å². The first-order valence-corrected chi connectivity index (χ1v) is 12.0. The van der Waals surface area contributed by atoms with E-state index in [4.69, 9.17) is 0 Å². The molecule has 2 rings (SSSR count). The minimum absolute atomic E-state index is 0.00945. The van der Waals surface area contributed by atoms with Gasteiger partial charge in [-0.3, -0.25) is 19.3 Å². The Morgan fingerprint density at radius 1 is 1.00 bits per heavy atom. The smallest absolute Gasteiger partial charge is 0.229 e. The van der Waals surface area contributed by atoms with Gasteiger partial charge in [0.15, 0.2) is 4.34 Å². The lowest BCUT2D eigenvalue weighted by Gasteiger charge is -2.13. The number of carbonyl (C=O) groups excluding carboxylic acids is 3. The number of anilines is 1. The zero-order valence-corrected chi connectivity index (χ0v) is 18.2. The summed E-state index contributed by atoms with van der Waals surface area (Å²) in [5.74, 6) is 0.927. The van der Waals surface area contributed by atoms with Gasteiger partial charge < -0.3 is 5.32 Å². The van der Waals surface area contributed by atoms with Crippen LogP contribution in [0.15, 0.2) is 4.34 Å². The van der Waals surface area contributed by atoms with Crippen LogP contribution in [0.4, 0.5) is 5.13 Å². The first-order valence-electron chi connectivity index (χ1n) is 10.2. The fourth-order valence-electron chi connectivity index (χ4n) is 3.11. The first kappa shape index (κ1) is 22.8. The van der Waals surface area contributed by atoms with Crippen LogP contribution in [0.1, 0.15) is 77.6 Å². The molecule has 28 heavy (non-hydrogen) atoms. The topological polar surface area (TPSA) is 92.3 Å². The molecule has 1 aromatic rings. The third-order valence-electron chi connectivity index (χ3n) is 4.61. The van der Waals surface area contributed by atoms with Crippen LogP contribution in [0.3, 0.4) is 0 Å². The monoisotopic (exact) mass is 426 g/mol. The van der Waals surface area contributed by atoms with Crippen molar-refractivity contribution >= 4 is 46.0 Å². The molecule has 1 aromatic heterocycles. The molecule has 1 saturated heterocycles. The van der Waals surface area contributed by atoms with Crippen LogP contribution in [0.5, 0.6) is 0 Å². The number of likely N-dealkylation sites (tertiary alicyclic amines) is 1. The summed E-state index contributed by atoms with van der Waals surface area (Å²) in [5, 5.41) is 11.4. The Morgan fingerprint density at radius 2 is 1.61 bits per heavy atom. The van der Waals surface area contributed by atoms with Gasteiger partial charge in [-0.05, 0) is 18.6 Å². The van der Waals surface area contributed by atoms with Gasteiger partial charge in [0.2, 0.25) is 22.9 Å². The number of aromatic nitrogens is 2. The molecule has 0 aromatic carbocycles. The highest BCUT2D eigenvalue weighted by Gasteiger charge is 2.27. The highest BCUT2D eigenvalue weighted by Crippen LogP contribution is 2.25. The molecule has 0 radical (unpaired) electrons. The van der Waals surface area contributed by atoms with E-state index in [1.807, 2.05) is 0 Å². The average Bonchev–Trinajstić information content (AvgIpc) is 3.24. The summed E-state index contributed by atoms with van der Waals surface area (Å²) in [4.78, 5) is 36.3. The number of nitrogens with one attached hydrogen (secondary N) is 1. The summed E-state index contributed by atoms with van der Waals surface area (Å²) in [6.07, 6.45) is 9.78.